The van der Waals surface area contributed by atoms with Crippen LogP contribution in [0, 0.1) is 11.8 Å². The molecule has 2 fully saturated rings. The summed E-state index contributed by atoms with van der Waals surface area (Å²) >= 11 is 0. The van der Waals surface area contributed by atoms with Crippen LogP contribution in [0.2, 0.25) is 0 Å². The first-order valence-corrected chi connectivity index (χ1v) is 8.38. The Hall–Kier alpha value is -0.220. The van der Waals surface area contributed by atoms with Crippen LogP contribution in [0.1, 0.15) is 66.7 Å². The zero-order chi connectivity index (χ0) is 15.9. The van der Waals surface area contributed by atoms with E-state index in [0.29, 0.717) is 24.7 Å². The molecule has 0 aromatic rings. The standard InChI is InChI=1S/C17H31F2NO/c1-6-20-14(12-7-9-17(18,19)10-8-12)13-11-15(2,3)21-16(13,4)5/h12-14,20H,6-11H2,1-5H3. The molecule has 124 valence electrons. The van der Waals surface area contributed by atoms with Crippen molar-refractivity contribution in [2.24, 2.45) is 11.8 Å². The van der Waals surface area contributed by atoms with Crippen LogP contribution in [0.3, 0.4) is 0 Å². The van der Waals surface area contributed by atoms with Gasteiger partial charge in [0.15, 0.2) is 0 Å². The van der Waals surface area contributed by atoms with Crippen LogP contribution in [0.25, 0.3) is 0 Å². The molecular weight excluding hydrogens is 272 g/mol. The van der Waals surface area contributed by atoms with Gasteiger partial charge in [-0.15, -0.1) is 0 Å². The topological polar surface area (TPSA) is 21.3 Å². The molecule has 0 amide bonds. The SMILES string of the molecule is CCNC(C1CCC(F)(F)CC1)C1CC(C)(C)OC1(C)C. The Morgan fingerprint density at radius 1 is 1.14 bits per heavy atom. The van der Waals surface area contributed by atoms with E-state index in [1.54, 1.807) is 0 Å². The molecule has 1 heterocycles. The number of halogens is 2. The number of alkyl halides is 2. The van der Waals surface area contributed by atoms with Crippen molar-refractivity contribution in [1.82, 2.24) is 5.32 Å². The van der Waals surface area contributed by atoms with Gasteiger partial charge >= 0.3 is 0 Å². The minimum Gasteiger partial charge on any atom is -0.369 e. The molecule has 1 aliphatic heterocycles. The third-order valence-electron chi connectivity index (χ3n) is 5.29. The largest absolute Gasteiger partial charge is 0.369 e. The summed E-state index contributed by atoms with van der Waals surface area (Å²) in [6.07, 6.45) is 2.31. The summed E-state index contributed by atoms with van der Waals surface area (Å²) in [5, 5.41) is 3.59. The lowest BCUT2D eigenvalue weighted by molar-refractivity contribution is -0.0848. The second kappa shape index (κ2) is 5.77. The predicted molar refractivity (Wildman–Crippen MR) is 81.7 cm³/mol. The van der Waals surface area contributed by atoms with Crippen LogP contribution in [0.5, 0.6) is 0 Å². The smallest absolute Gasteiger partial charge is 0.248 e. The monoisotopic (exact) mass is 303 g/mol. The van der Waals surface area contributed by atoms with E-state index in [0.717, 1.165) is 13.0 Å². The van der Waals surface area contributed by atoms with Crippen molar-refractivity contribution in [1.29, 1.82) is 0 Å². The lowest BCUT2D eigenvalue weighted by Crippen LogP contribution is -2.50. The normalized spacial score (nSPS) is 33.0. The Morgan fingerprint density at radius 2 is 1.71 bits per heavy atom. The molecule has 1 aliphatic carbocycles. The molecule has 1 saturated heterocycles. The van der Waals surface area contributed by atoms with Gasteiger partial charge in [0.1, 0.15) is 0 Å². The average molecular weight is 303 g/mol. The zero-order valence-electron chi connectivity index (χ0n) is 14.1. The van der Waals surface area contributed by atoms with Gasteiger partial charge in [-0.3, -0.25) is 0 Å². The molecule has 2 rings (SSSR count). The highest BCUT2D eigenvalue weighted by molar-refractivity contribution is 5.02. The van der Waals surface area contributed by atoms with Gasteiger partial charge in [-0.25, -0.2) is 8.78 Å². The maximum absolute atomic E-state index is 13.4. The lowest BCUT2D eigenvalue weighted by atomic mass is 9.71. The zero-order valence-corrected chi connectivity index (χ0v) is 14.1. The van der Waals surface area contributed by atoms with Crippen LogP contribution in [0.4, 0.5) is 8.78 Å². The second-order valence-electron chi connectivity index (χ2n) is 8.05. The van der Waals surface area contributed by atoms with Gasteiger partial charge < -0.3 is 10.1 Å². The fourth-order valence-electron chi connectivity index (χ4n) is 4.46. The number of hydrogen-bond donors (Lipinski definition) is 1. The Balaban J connectivity index is 2.12. The quantitative estimate of drug-likeness (QED) is 0.832. The van der Waals surface area contributed by atoms with Crippen molar-refractivity contribution in [2.75, 3.05) is 6.54 Å². The number of nitrogens with one attached hydrogen (secondary N) is 1. The number of hydrogen-bond acceptors (Lipinski definition) is 2. The molecule has 2 aliphatic rings. The molecule has 1 saturated carbocycles. The number of ether oxygens (including phenoxy) is 1. The first-order chi connectivity index (χ1) is 9.56. The van der Waals surface area contributed by atoms with Gasteiger partial charge in [-0.2, -0.15) is 0 Å². The van der Waals surface area contributed by atoms with Crippen molar-refractivity contribution < 1.29 is 13.5 Å². The summed E-state index contributed by atoms with van der Waals surface area (Å²) < 4.78 is 33.1. The van der Waals surface area contributed by atoms with Crippen molar-refractivity contribution >= 4 is 0 Å². The van der Waals surface area contributed by atoms with E-state index in [-0.39, 0.29) is 30.1 Å². The van der Waals surface area contributed by atoms with Crippen LogP contribution in [-0.4, -0.2) is 29.7 Å². The third-order valence-corrected chi connectivity index (χ3v) is 5.29. The van der Waals surface area contributed by atoms with Gasteiger partial charge in [0.2, 0.25) is 5.92 Å². The Labute approximate surface area is 128 Å². The van der Waals surface area contributed by atoms with E-state index in [2.05, 4.69) is 39.9 Å². The molecule has 21 heavy (non-hydrogen) atoms. The molecule has 2 atom stereocenters. The summed E-state index contributed by atoms with van der Waals surface area (Å²) in [6, 6.07) is 0.280. The summed E-state index contributed by atoms with van der Waals surface area (Å²) in [5.74, 6) is -1.73. The molecule has 1 N–H and O–H groups in total. The van der Waals surface area contributed by atoms with Gasteiger partial charge in [0.25, 0.3) is 0 Å². The maximum Gasteiger partial charge on any atom is 0.248 e. The van der Waals surface area contributed by atoms with E-state index in [4.69, 9.17) is 4.74 Å². The van der Waals surface area contributed by atoms with E-state index in [1.807, 2.05) is 0 Å². The van der Waals surface area contributed by atoms with Gasteiger partial charge in [0, 0.05) is 24.8 Å². The van der Waals surface area contributed by atoms with Crippen molar-refractivity contribution in [3.63, 3.8) is 0 Å². The highest BCUT2D eigenvalue weighted by atomic mass is 19.3. The van der Waals surface area contributed by atoms with Gasteiger partial charge in [-0.1, -0.05) is 6.92 Å². The number of rotatable bonds is 4. The molecule has 0 aromatic heterocycles. The summed E-state index contributed by atoms with van der Waals surface area (Å²) in [5.41, 5.74) is -0.323. The Bertz CT molecular complexity index is 358. The third kappa shape index (κ3) is 3.95. The first-order valence-electron chi connectivity index (χ1n) is 8.38. The average Bonchev–Trinajstić information content (AvgIpc) is 2.55. The molecule has 2 unspecified atom stereocenters. The van der Waals surface area contributed by atoms with E-state index < -0.39 is 5.92 Å². The highest BCUT2D eigenvalue weighted by Gasteiger charge is 2.51. The van der Waals surface area contributed by atoms with Crippen molar-refractivity contribution in [3.05, 3.63) is 0 Å². The lowest BCUT2D eigenvalue weighted by Gasteiger charge is -2.41. The highest BCUT2D eigenvalue weighted by Crippen LogP contribution is 2.47. The summed E-state index contributed by atoms with van der Waals surface area (Å²) in [6.45, 7) is 11.5. The first kappa shape index (κ1) is 17.1. The molecule has 0 aromatic carbocycles. The van der Waals surface area contributed by atoms with Gasteiger partial charge in [0.05, 0.1) is 11.2 Å². The van der Waals surface area contributed by atoms with Gasteiger partial charge in [-0.05, 0) is 59.4 Å². The minimum absolute atomic E-state index is 0.0387. The summed E-state index contributed by atoms with van der Waals surface area (Å²) in [7, 11) is 0. The molecule has 0 spiro atoms. The van der Waals surface area contributed by atoms with E-state index in [9.17, 15) is 8.78 Å². The molecule has 2 nitrogen and oxygen atoms in total. The van der Waals surface area contributed by atoms with Crippen LogP contribution in [0.15, 0.2) is 0 Å². The maximum atomic E-state index is 13.4. The summed E-state index contributed by atoms with van der Waals surface area (Å²) in [4.78, 5) is 0. The molecule has 0 bridgehead atoms. The van der Waals surface area contributed by atoms with Crippen molar-refractivity contribution in [2.45, 2.75) is 89.9 Å². The van der Waals surface area contributed by atoms with Crippen LogP contribution >= 0.6 is 0 Å². The Kier molecular flexibility index (Phi) is 4.71. The molecular formula is C17H31F2NO. The molecule has 4 heteroatoms. The predicted octanol–water partition coefficient (Wildman–Crippen LogP) is 4.38. The van der Waals surface area contributed by atoms with Crippen LogP contribution < -0.4 is 5.32 Å². The fourth-order valence-corrected chi connectivity index (χ4v) is 4.46. The Morgan fingerprint density at radius 3 is 2.14 bits per heavy atom. The van der Waals surface area contributed by atoms with E-state index in [1.165, 1.54) is 0 Å². The second-order valence-corrected chi connectivity index (χ2v) is 8.05. The molecule has 0 radical (unpaired) electrons. The van der Waals surface area contributed by atoms with Crippen molar-refractivity contribution in [3.8, 4) is 0 Å². The van der Waals surface area contributed by atoms with E-state index >= 15 is 0 Å². The van der Waals surface area contributed by atoms with Crippen LogP contribution in [-0.2, 0) is 4.74 Å². The minimum atomic E-state index is -2.45. The fraction of sp³-hybridized carbons (Fsp3) is 1.00.